The van der Waals surface area contributed by atoms with E-state index in [4.69, 9.17) is 19.7 Å². The van der Waals surface area contributed by atoms with Gasteiger partial charge in [0.05, 0.1) is 68.5 Å². The molecule has 6 rings (SSSR count). The molecule has 12 nitrogen and oxygen atoms in total. The molecular formula is C48H60F2N2O10S4. The number of hydrogen-bond acceptors (Lipinski definition) is 12. The van der Waals surface area contributed by atoms with Gasteiger partial charge in [0.25, 0.3) is 0 Å². The highest BCUT2D eigenvalue weighted by Gasteiger charge is 2.42. The minimum Gasteiger partial charge on any atom is -0.492 e. The smallest absolute Gasteiger partial charge is 0.306 e. The van der Waals surface area contributed by atoms with E-state index in [1.54, 1.807) is 36.4 Å². The van der Waals surface area contributed by atoms with Crippen molar-refractivity contribution >= 4 is 77.9 Å². The average molecular weight is 991 g/mol. The lowest BCUT2D eigenvalue weighted by molar-refractivity contribution is -0.138. The minimum atomic E-state index is -3.68. The second-order valence-electron chi connectivity index (χ2n) is 17.4. The van der Waals surface area contributed by atoms with E-state index in [2.05, 4.69) is 13.8 Å². The van der Waals surface area contributed by atoms with Gasteiger partial charge in [-0.25, -0.2) is 25.6 Å². The normalized spacial score (nSPS) is 19.6. The Labute approximate surface area is 396 Å². The molecule has 2 aliphatic heterocycles. The summed E-state index contributed by atoms with van der Waals surface area (Å²) >= 11 is 2.79. The molecule has 66 heavy (non-hydrogen) atoms. The Morgan fingerprint density at radius 3 is 1.29 bits per heavy atom. The molecule has 360 valence electrons. The number of thioether (sulfide) groups is 2. The second kappa shape index (κ2) is 22.5. The molecule has 0 fully saturated rings. The molecular weight excluding hydrogens is 931 g/mol. The van der Waals surface area contributed by atoms with Crippen LogP contribution in [0, 0.1) is 22.5 Å². The lowest BCUT2D eigenvalue weighted by atomic mass is 9.86. The molecule has 0 saturated carbocycles. The number of aliphatic carboxylic acids is 2. The van der Waals surface area contributed by atoms with E-state index in [0.29, 0.717) is 57.1 Å². The van der Waals surface area contributed by atoms with Crippen LogP contribution in [0.15, 0.2) is 92.4 Å². The fourth-order valence-corrected chi connectivity index (χ4v) is 13.6. The predicted molar refractivity (Wildman–Crippen MR) is 258 cm³/mol. The number of hydrogen-bond donors (Lipinski definition) is 2. The van der Waals surface area contributed by atoms with Crippen LogP contribution in [0.1, 0.15) is 79.1 Å². The fraction of sp³-hybridized carbons (Fsp3) is 0.458. The van der Waals surface area contributed by atoms with E-state index in [1.165, 1.54) is 59.9 Å². The minimum absolute atomic E-state index is 0.0160. The van der Waals surface area contributed by atoms with Crippen molar-refractivity contribution in [3.05, 3.63) is 84.4 Å². The van der Waals surface area contributed by atoms with Crippen molar-refractivity contribution in [2.45, 2.75) is 98.6 Å². The summed E-state index contributed by atoms with van der Waals surface area (Å²) in [5.41, 5.74) is 1.46. The highest BCUT2D eigenvalue weighted by Crippen LogP contribution is 2.48. The van der Waals surface area contributed by atoms with Crippen molar-refractivity contribution in [2.24, 2.45) is 10.8 Å². The van der Waals surface area contributed by atoms with Gasteiger partial charge in [-0.2, -0.15) is 0 Å². The summed E-state index contributed by atoms with van der Waals surface area (Å²) in [5, 5.41) is 17.8. The van der Waals surface area contributed by atoms with Gasteiger partial charge in [-0.05, 0) is 96.8 Å². The topological polar surface area (TPSA) is 168 Å². The third-order valence-electron chi connectivity index (χ3n) is 11.6. The highest BCUT2D eigenvalue weighted by molar-refractivity contribution is 7.99. The fourth-order valence-electron chi connectivity index (χ4n) is 8.33. The molecule has 18 heteroatoms. The van der Waals surface area contributed by atoms with Crippen molar-refractivity contribution in [2.75, 3.05) is 60.1 Å². The molecule has 0 aliphatic carbocycles. The van der Waals surface area contributed by atoms with Crippen LogP contribution in [-0.4, -0.2) is 89.3 Å². The van der Waals surface area contributed by atoms with Gasteiger partial charge in [0.2, 0.25) is 0 Å². The molecule has 2 atom stereocenters. The van der Waals surface area contributed by atoms with E-state index in [-0.39, 0.29) is 59.0 Å². The lowest BCUT2D eigenvalue weighted by Gasteiger charge is -2.34. The number of carbonyl (C=O) groups is 2. The van der Waals surface area contributed by atoms with Crippen molar-refractivity contribution in [1.82, 2.24) is 0 Å². The summed E-state index contributed by atoms with van der Waals surface area (Å²) in [6, 6.07) is 18.7. The Morgan fingerprint density at radius 2 is 0.985 bits per heavy atom. The summed E-state index contributed by atoms with van der Waals surface area (Å²) in [5.74, 6) is -2.03. The maximum Gasteiger partial charge on any atom is 0.306 e. The lowest BCUT2D eigenvalue weighted by Crippen LogP contribution is -2.35. The first-order chi connectivity index (χ1) is 31.2. The van der Waals surface area contributed by atoms with E-state index in [9.17, 15) is 35.2 Å². The third kappa shape index (κ3) is 13.3. The second-order valence-corrected chi connectivity index (χ2v) is 23.0. The molecule has 2 heterocycles. The monoisotopic (exact) mass is 990 g/mol. The van der Waals surface area contributed by atoms with E-state index >= 15 is 0 Å². The van der Waals surface area contributed by atoms with Crippen LogP contribution in [0.3, 0.4) is 0 Å². The number of carboxylic acid groups (broad SMARTS) is 2. The summed E-state index contributed by atoms with van der Waals surface area (Å²) in [7, 11) is -7.35. The van der Waals surface area contributed by atoms with E-state index in [1.807, 2.05) is 36.2 Å². The number of fused-ring (bicyclic) bond motifs is 2. The average Bonchev–Trinajstić information content (AvgIpc) is 3.40. The zero-order valence-corrected chi connectivity index (χ0v) is 41.5. The van der Waals surface area contributed by atoms with Crippen molar-refractivity contribution in [3.8, 4) is 11.5 Å². The van der Waals surface area contributed by atoms with E-state index < -0.39 is 42.4 Å². The van der Waals surface area contributed by atoms with Crippen LogP contribution >= 0.6 is 23.5 Å². The van der Waals surface area contributed by atoms with Gasteiger partial charge in [0.15, 0.2) is 19.7 Å². The summed E-state index contributed by atoms with van der Waals surface area (Å²) in [6.45, 7) is 8.95. The molecule has 2 N–H and O–H groups in total. The number of sulfone groups is 2. The van der Waals surface area contributed by atoms with Gasteiger partial charge in [-0.3, -0.25) is 9.59 Å². The summed E-state index contributed by atoms with van der Waals surface area (Å²) in [4.78, 5) is 27.4. The number of nitrogens with zero attached hydrogens (tertiary/aromatic N) is 2. The Bertz CT molecular complexity index is 2390. The summed E-state index contributed by atoms with van der Waals surface area (Å²) < 4.78 is 93.0. The Kier molecular flexibility index (Phi) is 17.9. The molecule has 4 aromatic rings. The van der Waals surface area contributed by atoms with Crippen LogP contribution in [0.2, 0.25) is 0 Å². The van der Waals surface area contributed by atoms with Crippen molar-refractivity contribution in [3.63, 3.8) is 0 Å². The number of unbranched alkanes of at least 4 members (excludes halogenated alkanes) is 2. The predicted octanol–water partition coefficient (Wildman–Crippen LogP) is 11.0. The molecule has 0 saturated heterocycles. The Hall–Kier alpha value is -4.52. The van der Waals surface area contributed by atoms with Crippen molar-refractivity contribution < 1.29 is 54.9 Å². The maximum absolute atomic E-state index is 13.6. The number of ether oxygens (including phenoxy) is 2. The zero-order valence-electron chi connectivity index (χ0n) is 38.3. The third-order valence-corrected chi connectivity index (χ3v) is 17.3. The van der Waals surface area contributed by atoms with Gasteiger partial charge in [0.1, 0.15) is 23.1 Å². The zero-order chi connectivity index (χ0) is 48.5. The first-order valence-electron chi connectivity index (χ1n) is 21.8. The van der Waals surface area contributed by atoms with Gasteiger partial charge in [0, 0.05) is 36.6 Å². The van der Waals surface area contributed by atoms with Crippen LogP contribution in [0.25, 0.3) is 0 Å². The van der Waals surface area contributed by atoms with Crippen LogP contribution in [0.4, 0.5) is 31.5 Å². The highest BCUT2D eigenvalue weighted by atomic mass is 32.2. The molecule has 0 amide bonds. The largest absolute Gasteiger partial charge is 0.492 e. The van der Waals surface area contributed by atoms with Gasteiger partial charge in [-0.1, -0.05) is 53.4 Å². The molecule has 0 unspecified atom stereocenters. The number of carboxylic acids is 2. The standard InChI is InChI=1S/2C24H30FNO5S2/c2*1-4-5-11-24(2)15-26(18-8-6-17(25)7-9-18)19-13-21(32-3)20(31-12-10-23(27)28)14-22(19)33(29,30)16-24/h2*6-9,13-14H,4-5,10-12,15-16H2,1-3H3,(H,27,28)/t2*24-/m10/s1. The summed E-state index contributed by atoms with van der Waals surface area (Å²) in [6.07, 6.45) is 8.53. The molecule has 2 aliphatic rings. The molecule has 4 aromatic carbocycles. The maximum atomic E-state index is 13.6. The molecule has 0 spiro atoms. The quantitative estimate of drug-likeness (QED) is 0.0904. The Morgan fingerprint density at radius 1 is 0.636 bits per heavy atom. The SMILES string of the molecule is CCCC[C@@]1(C)CN(c2ccc(F)cc2)c2cc(SC)c(OCCC(=O)O)cc2S(=O)(=O)C1.CCCC[C@]1(C)CN(c2ccc(F)cc2)c2cc(SC)c(OCCC(=O)O)cc2S(=O)(=O)C1. The van der Waals surface area contributed by atoms with Gasteiger partial charge < -0.3 is 29.5 Å². The van der Waals surface area contributed by atoms with Crippen LogP contribution in [0.5, 0.6) is 11.5 Å². The Balaban J connectivity index is 0.000000247. The number of anilines is 4. The number of benzene rings is 4. The van der Waals surface area contributed by atoms with Crippen LogP contribution in [-0.2, 0) is 29.3 Å². The van der Waals surface area contributed by atoms with E-state index in [0.717, 1.165) is 38.5 Å². The molecule has 0 bridgehead atoms. The first kappa shape index (κ1) is 52.4. The molecule has 0 radical (unpaired) electrons. The van der Waals surface area contributed by atoms with Gasteiger partial charge >= 0.3 is 11.9 Å². The van der Waals surface area contributed by atoms with Gasteiger partial charge in [-0.15, -0.1) is 23.5 Å². The molecule has 0 aromatic heterocycles. The number of halogens is 2. The number of rotatable bonds is 18. The first-order valence-corrected chi connectivity index (χ1v) is 27.6. The van der Waals surface area contributed by atoms with Crippen LogP contribution < -0.4 is 19.3 Å². The van der Waals surface area contributed by atoms with Crippen molar-refractivity contribution in [1.29, 1.82) is 0 Å².